The van der Waals surface area contributed by atoms with Crippen molar-refractivity contribution in [2.24, 2.45) is 5.10 Å². The Morgan fingerprint density at radius 1 is 1.36 bits per heavy atom. The number of aromatic nitrogens is 1. The number of rotatable bonds is 3. The van der Waals surface area contributed by atoms with Crippen LogP contribution in [-0.4, -0.2) is 33.3 Å². The number of benzene rings is 1. The van der Waals surface area contributed by atoms with E-state index in [-0.39, 0.29) is 18.1 Å². The van der Waals surface area contributed by atoms with Gasteiger partial charge in [-0.25, -0.2) is 5.01 Å². The zero-order valence-corrected chi connectivity index (χ0v) is 12.5. The number of hydrogen-bond acceptors (Lipinski definition) is 4. The predicted octanol–water partition coefficient (Wildman–Crippen LogP) is 2.62. The number of amides is 1. The van der Waals surface area contributed by atoms with E-state index in [0.29, 0.717) is 29.3 Å². The molecule has 5 nitrogen and oxygen atoms in total. The van der Waals surface area contributed by atoms with E-state index in [0.717, 1.165) is 5.56 Å². The minimum Gasteiger partial charge on any atom is -0.507 e. The molecule has 6 heteroatoms. The van der Waals surface area contributed by atoms with Gasteiger partial charge in [0.05, 0.1) is 18.7 Å². The first-order valence-corrected chi connectivity index (χ1v) is 7.27. The summed E-state index contributed by atoms with van der Waals surface area (Å²) in [5.74, 6) is 0.0224. The number of carbonyl (C=O) groups excluding carboxylic acids is 1. The molecule has 3 rings (SSSR count). The molecule has 0 fully saturated rings. The van der Waals surface area contributed by atoms with Crippen LogP contribution in [0, 0.1) is 0 Å². The molecule has 1 aliphatic heterocycles. The molecule has 0 saturated carbocycles. The molecule has 0 atom stereocenters. The summed E-state index contributed by atoms with van der Waals surface area (Å²) in [4.78, 5) is 16.2. The molecular formula is C16H14ClN3O2. The SMILES string of the molecule is O=C(Cc1cccnc1)N1CCC(c2cc(Cl)ccc2O)=N1. The van der Waals surface area contributed by atoms with Gasteiger partial charge < -0.3 is 5.11 Å². The molecular weight excluding hydrogens is 302 g/mol. The van der Waals surface area contributed by atoms with Gasteiger partial charge in [-0.2, -0.15) is 5.10 Å². The van der Waals surface area contributed by atoms with Gasteiger partial charge in [0.15, 0.2) is 0 Å². The molecule has 0 aliphatic carbocycles. The van der Waals surface area contributed by atoms with Crippen molar-refractivity contribution >= 4 is 23.2 Å². The van der Waals surface area contributed by atoms with Crippen LogP contribution in [0.5, 0.6) is 5.75 Å². The van der Waals surface area contributed by atoms with Gasteiger partial charge in [0.25, 0.3) is 0 Å². The van der Waals surface area contributed by atoms with E-state index in [1.807, 2.05) is 6.07 Å². The zero-order chi connectivity index (χ0) is 15.5. The number of nitrogens with zero attached hydrogens (tertiary/aromatic N) is 3. The Morgan fingerprint density at radius 2 is 2.23 bits per heavy atom. The van der Waals surface area contributed by atoms with Crippen molar-refractivity contribution in [1.82, 2.24) is 9.99 Å². The summed E-state index contributed by atoms with van der Waals surface area (Å²) in [5.41, 5.74) is 2.09. The summed E-state index contributed by atoms with van der Waals surface area (Å²) in [6.45, 7) is 0.500. The Kier molecular flexibility index (Phi) is 4.06. The molecule has 0 bridgehead atoms. The summed E-state index contributed by atoms with van der Waals surface area (Å²) in [6.07, 6.45) is 4.18. The van der Waals surface area contributed by atoms with Crippen LogP contribution in [0.25, 0.3) is 0 Å². The third kappa shape index (κ3) is 3.09. The van der Waals surface area contributed by atoms with Crippen LogP contribution < -0.4 is 0 Å². The predicted molar refractivity (Wildman–Crippen MR) is 83.9 cm³/mol. The lowest BCUT2D eigenvalue weighted by Gasteiger charge is -2.10. The molecule has 2 heterocycles. The number of hydrogen-bond donors (Lipinski definition) is 1. The molecule has 1 aromatic heterocycles. The molecule has 1 aromatic carbocycles. The maximum absolute atomic E-state index is 12.2. The van der Waals surface area contributed by atoms with E-state index in [1.54, 1.807) is 30.6 Å². The highest BCUT2D eigenvalue weighted by Gasteiger charge is 2.23. The number of pyridine rings is 1. The van der Waals surface area contributed by atoms with Crippen LogP contribution in [0.15, 0.2) is 47.8 Å². The second-order valence-corrected chi connectivity index (χ2v) is 5.45. The van der Waals surface area contributed by atoms with Crippen LogP contribution in [0.2, 0.25) is 5.02 Å². The lowest BCUT2D eigenvalue weighted by Crippen LogP contribution is -2.25. The number of halogens is 1. The smallest absolute Gasteiger partial charge is 0.247 e. The van der Waals surface area contributed by atoms with E-state index in [1.165, 1.54) is 11.1 Å². The number of aromatic hydroxyl groups is 1. The molecule has 1 amide bonds. The van der Waals surface area contributed by atoms with Crippen LogP contribution in [0.1, 0.15) is 17.5 Å². The highest BCUT2D eigenvalue weighted by atomic mass is 35.5. The minimum atomic E-state index is -0.0930. The largest absolute Gasteiger partial charge is 0.507 e. The van der Waals surface area contributed by atoms with E-state index < -0.39 is 0 Å². The zero-order valence-electron chi connectivity index (χ0n) is 11.7. The van der Waals surface area contributed by atoms with Crippen LogP contribution in [0.4, 0.5) is 0 Å². The Balaban J connectivity index is 1.76. The number of hydrazone groups is 1. The van der Waals surface area contributed by atoms with Crippen molar-refractivity contribution in [3.63, 3.8) is 0 Å². The Bertz CT molecular complexity index is 731. The van der Waals surface area contributed by atoms with Crippen LogP contribution in [-0.2, 0) is 11.2 Å². The fourth-order valence-electron chi connectivity index (χ4n) is 2.33. The van der Waals surface area contributed by atoms with Crippen molar-refractivity contribution in [2.45, 2.75) is 12.8 Å². The standard InChI is InChI=1S/C16H14ClN3O2/c17-12-3-4-15(21)13(9-12)14-5-7-20(19-14)16(22)8-11-2-1-6-18-10-11/h1-4,6,9-10,21H,5,7-8H2. The van der Waals surface area contributed by atoms with Gasteiger partial charge in [-0.3, -0.25) is 9.78 Å². The van der Waals surface area contributed by atoms with E-state index in [4.69, 9.17) is 11.6 Å². The third-order valence-electron chi connectivity index (χ3n) is 3.44. The average molecular weight is 316 g/mol. The minimum absolute atomic E-state index is 0.0930. The van der Waals surface area contributed by atoms with Gasteiger partial charge >= 0.3 is 0 Å². The Morgan fingerprint density at radius 3 is 3.00 bits per heavy atom. The molecule has 1 aliphatic rings. The van der Waals surface area contributed by atoms with Gasteiger partial charge in [0.1, 0.15) is 5.75 Å². The number of phenols is 1. The molecule has 1 N–H and O–H groups in total. The number of carbonyl (C=O) groups is 1. The van der Waals surface area contributed by atoms with Crippen molar-refractivity contribution in [3.05, 3.63) is 58.9 Å². The van der Waals surface area contributed by atoms with Crippen molar-refractivity contribution in [2.75, 3.05) is 6.54 Å². The summed E-state index contributed by atoms with van der Waals surface area (Å²) < 4.78 is 0. The molecule has 2 aromatic rings. The lowest BCUT2D eigenvalue weighted by molar-refractivity contribution is -0.130. The second kappa shape index (κ2) is 6.15. The molecule has 0 unspecified atom stereocenters. The van der Waals surface area contributed by atoms with E-state index in [9.17, 15) is 9.90 Å². The highest BCUT2D eigenvalue weighted by Crippen LogP contribution is 2.25. The number of phenolic OH excluding ortho intramolecular Hbond substituents is 1. The molecule has 0 spiro atoms. The van der Waals surface area contributed by atoms with Gasteiger partial charge in [0.2, 0.25) is 5.91 Å². The molecule has 0 radical (unpaired) electrons. The summed E-state index contributed by atoms with van der Waals surface area (Å²) in [7, 11) is 0. The topological polar surface area (TPSA) is 65.8 Å². The van der Waals surface area contributed by atoms with Crippen LogP contribution >= 0.6 is 11.6 Å². The van der Waals surface area contributed by atoms with Gasteiger partial charge in [-0.15, -0.1) is 0 Å². The van der Waals surface area contributed by atoms with Gasteiger partial charge in [-0.05, 0) is 29.8 Å². The maximum atomic E-state index is 12.2. The monoisotopic (exact) mass is 315 g/mol. The maximum Gasteiger partial charge on any atom is 0.247 e. The van der Waals surface area contributed by atoms with E-state index in [2.05, 4.69) is 10.1 Å². The van der Waals surface area contributed by atoms with E-state index >= 15 is 0 Å². The molecule has 112 valence electrons. The highest BCUT2D eigenvalue weighted by molar-refractivity contribution is 6.31. The fourth-order valence-corrected chi connectivity index (χ4v) is 2.51. The van der Waals surface area contributed by atoms with Crippen molar-refractivity contribution in [3.8, 4) is 5.75 Å². The van der Waals surface area contributed by atoms with Crippen molar-refractivity contribution < 1.29 is 9.90 Å². The first kappa shape index (κ1) is 14.5. The summed E-state index contributed by atoms with van der Waals surface area (Å²) in [6, 6.07) is 8.45. The Labute approximate surface area is 132 Å². The first-order valence-electron chi connectivity index (χ1n) is 6.89. The average Bonchev–Trinajstić information content (AvgIpc) is 3.00. The van der Waals surface area contributed by atoms with Gasteiger partial charge in [0, 0.05) is 29.4 Å². The summed E-state index contributed by atoms with van der Waals surface area (Å²) >= 11 is 5.95. The van der Waals surface area contributed by atoms with Crippen LogP contribution in [0.3, 0.4) is 0 Å². The Hall–Kier alpha value is -2.40. The lowest BCUT2D eigenvalue weighted by atomic mass is 10.1. The second-order valence-electron chi connectivity index (χ2n) is 5.01. The first-order chi connectivity index (χ1) is 10.6. The third-order valence-corrected chi connectivity index (χ3v) is 3.67. The summed E-state index contributed by atoms with van der Waals surface area (Å²) in [5, 5.41) is 16.2. The molecule has 22 heavy (non-hydrogen) atoms. The van der Waals surface area contributed by atoms with Crippen molar-refractivity contribution in [1.29, 1.82) is 0 Å². The fraction of sp³-hybridized carbons (Fsp3) is 0.188. The van der Waals surface area contributed by atoms with Gasteiger partial charge in [-0.1, -0.05) is 17.7 Å². The molecule has 0 saturated heterocycles. The quantitative estimate of drug-likeness (QED) is 0.947. The normalized spacial score (nSPS) is 14.0.